The summed E-state index contributed by atoms with van der Waals surface area (Å²) in [5.41, 5.74) is 1.51. The Balaban J connectivity index is 1.80. The molecule has 142 valence electrons. The molecule has 0 aromatic heterocycles. The van der Waals surface area contributed by atoms with Crippen LogP contribution in [-0.4, -0.2) is 32.2 Å². The zero-order valence-electron chi connectivity index (χ0n) is 15.0. The van der Waals surface area contributed by atoms with Crippen molar-refractivity contribution in [2.24, 2.45) is 0 Å². The van der Waals surface area contributed by atoms with Crippen LogP contribution in [0.15, 0.2) is 48.5 Å². The Kier molecular flexibility index (Phi) is 7.70. The number of benzene rings is 2. The maximum absolute atomic E-state index is 11.8. The molecule has 27 heavy (non-hydrogen) atoms. The highest BCUT2D eigenvalue weighted by atomic mass is 35.5. The fraction of sp³-hybridized carbons (Fsp3) is 0.200. The van der Waals surface area contributed by atoms with E-state index < -0.39 is 18.5 Å². The van der Waals surface area contributed by atoms with Crippen molar-refractivity contribution in [1.29, 1.82) is 0 Å². The van der Waals surface area contributed by atoms with Crippen LogP contribution >= 0.6 is 11.6 Å². The lowest BCUT2D eigenvalue weighted by Gasteiger charge is -2.11. The first-order valence-corrected chi connectivity index (χ1v) is 8.54. The zero-order valence-corrected chi connectivity index (χ0v) is 15.8. The smallest absolute Gasteiger partial charge is 0.344 e. The van der Waals surface area contributed by atoms with Gasteiger partial charge in [0.15, 0.2) is 24.7 Å². The van der Waals surface area contributed by atoms with Crippen LogP contribution in [0.2, 0.25) is 5.02 Å². The third-order valence-corrected chi connectivity index (χ3v) is 3.64. The summed E-state index contributed by atoms with van der Waals surface area (Å²) in [7, 11) is 1.51. The van der Waals surface area contributed by atoms with E-state index in [-0.39, 0.29) is 6.61 Å². The van der Waals surface area contributed by atoms with E-state index in [9.17, 15) is 9.59 Å². The Morgan fingerprint density at radius 3 is 2.48 bits per heavy atom. The highest BCUT2D eigenvalue weighted by Crippen LogP contribution is 2.28. The van der Waals surface area contributed by atoms with Crippen LogP contribution in [0.25, 0.3) is 6.08 Å². The highest BCUT2D eigenvalue weighted by Gasteiger charge is 2.11. The van der Waals surface area contributed by atoms with Gasteiger partial charge in [-0.3, -0.25) is 4.79 Å². The largest absolute Gasteiger partial charge is 0.493 e. The van der Waals surface area contributed by atoms with Crippen molar-refractivity contribution in [3.05, 3.63) is 59.1 Å². The summed E-state index contributed by atoms with van der Waals surface area (Å²) in [5.74, 6) is -0.216. The van der Waals surface area contributed by atoms with Gasteiger partial charge in [-0.2, -0.15) is 0 Å². The standard InChI is InChI=1S/C20H20ClNO5/c1-3-4-14-5-10-17(18(11-14)25-2)26-13-20(24)27-12-19(23)22-16-8-6-15(21)7-9-16/h3-11H,12-13H2,1-2H3,(H,22,23)/b4-3+. The van der Waals surface area contributed by atoms with Gasteiger partial charge < -0.3 is 19.5 Å². The van der Waals surface area contributed by atoms with Gasteiger partial charge in [-0.05, 0) is 48.9 Å². The number of esters is 1. The Morgan fingerprint density at radius 2 is 1.81 bits per heavy atom. The van der Waals surface area contributed by atoms with Crippen LogP contribution in [0.5, 0.6) is 11.5 Å². The second kappa shape index (κ2) is 10.2. The van der Waals surface area contributed by atoms with E-state index in [0.29, 0.717) is 22.2 Å². The number of carbonyl (C=O) groups is 2. The molecule has 0 heterocycles. The molecule has 7 heteroatoms. The van der Waals surface area contributed by atoms with Crippen molar-refractivity contribution < 1.29 is 23.8 Å². The van der Waals surface area contributed by atoms with Crippen LogP contribution < -0.4 is 14.8 Å². The molecule has 0 saturated carbocycles. The number of ether oxygens (including phenoxy) is 3. The number of methoxy groups -OCH3 is 1. The number of hydrogen-bond donors (Lipinski definition) is 1. The molecule has 0 radical (unpaired) electrons. The average Bonchev–Trinajstić information content (AvgIpc) is 2.67. The SMILES string of the molecule is C/C=C/c1ccc(OCC(=O)OCC(=O)Nc2ccc(Cl)cc2)c(OC)c1. The minimum Gasteiger partial charge on any atom is -0.493 e. The molecule has 2 rings (SSSR count). The quantitative estimate of drug-likeness (QED) is 0.692. The van der Waals surface area contributed by atoms with Crippen LogP contribution in [0, 0.1) is 0 Å². The van der Waals surface area contributed by atoms with Gasteiger partial charge in [0.25, 0.3) is 5.91 Å². The molecular formula is C20H20ClNO5. The van der Waals surface area contributed by atoms with Crippen molar-refractivity contribution in [2.45, 2.75) is 6.92 Å². The van der Waals surface area contributed by atoms with Crippen molar-refractivity contribution in [3.63, 3.8) is 0 Å². The van der Waals surface area contributed by atoms with Gasteiger partial charge in [-0.1, -0.05) is 29.8 Å². The maximum Gasteiger partial charge on any atom is 0.344 e. The summed E-state index contributed by atoms with van der Waals surface area (Å²) < 4.78 is 15.6. The van der Waals surface area contributed by atoms with E-state index in [4.69, 9.17) is 25.8 Å². The summed E-state index contributed by atoms with van der Waals surface area (Å²) in [6.45, 7) is 1.16. The summed E-state index contributed by atoms with van der Waals surface area (Å²) in [4.78, 5) is 23.6. The summed E-state index contributed by atoms with van der Waals surface area (Å²) in [6, 6.07) is 11.9. The van der Waals surface area contributed by atoms with Crippen molar-refractivity contribution >= 4 is 35.2 Å². The minimum atomic E-state index is -0.666. The molecule has 0 fully saturated rings. The molecule has 0 aliphatic heterocycles. The molecule has 0 saturated heterocycles. The van der Waals surface area contributed by atoms with Gasteiger partial charge in [0, 0.05) is 10.7 Å². The molecule has 6 nitrogen and oxygen atoms in total. The van der Waals surface area contributed by atoms with E-state index in [1.54, 1.807) is 36.4 Å². The highest BCUT2D eigenvalue weighted by molar-refractivity contribution is 6.30. The van der Waals surface area contributed by atoms with Gasteiger partial charge in [0.1, 0.15) is 0 Å². The Labute approximate surface area is 162 Å². The number of anilines is 1. The number of rotatable bonds is 8. The second-order valence-corrected chi connectivity index (χ2v) is 5.85. The fourth-order valence-corrected chi connectivity index (χ4v) is 2.28. The Hall–Kier alpha value is -2.99. The van der Waals surface area contributed by atoms with Gasteiger partial charge in [0.05, 0.1) is 7.11 Å². The lowest BCUT2D eigenvalue weighted by atomic mass is 10.2. The molecule has 0 atom stereocenters. The van der Waals surface area contributed by atoms with E-state index in [1.807, 2.05) is 25.1 Å². The van der Waals surface area contributed by atoms with Crippen molar-refractivity contribution in [2.75, 3.05) is 25.6 Å². The second-order valence-electron chi connectivity index (χ2n) is 5.41. The molecule has 0 bridgehead atoms. The molecule has 1 amide bonds. The van der Waals surface area contributed by atoms with Gasteiger partial charge in [-0.25, -0.2) is 4.79 Å². The van der Waals surface area contributed by atoms with Crippen LogP contribution in [0.3, 0.4) is 0 Å². The first-order valence-electron chi connectivity index (χ1n) is 8.16. The monoisotopic (exact) mass is 389 g/mol. The maximum atomic E-state index is 11.8. The summed E-state index contributed by atoms with van der Waals surface area (Å²) >= 11 is 5.77. The molecule has 1 N–H and O–H groups in total. The topological polar surface area (TPSA) is 73.9 Å². The first-order chi connectivity index (χ1) is 13.0. The van der Waals surface area contributed by atoms with Gasteiger partial charge >= 0.3 is 5.97 Å². The minimum absolute atomic E-state index is 0.340. The summed E-state index contributed by atoms with van der Waals surface area (Å²) in [5, 5.41) is 3.15. The van der Waals surface area contributed by atoms with Gasteiger partial charge in [0.2, 0.25) is 0 Å². The molecule has 0 aliphatic carbocycles. The average molecular weight is 390 g/mol. The number of allylic oxidation sites excluding steroid dienone is 1. The molecule has 0 unspecified atom stereocenters. The van der Waals surface area contributed by atoms with E-state index in [2.05, 4.69) is 5.32 Å². The number of amides is 1. The molecule has 0 spiro atoms. The number of hydrogen-bond acceptors (Lipinski definition) is 5. The van der Waals surface area contributed by atoms with Crippen LogP contribution in [0.4, 0.5) is 5.69 Å². The molecule has 2 aromatic rings. The lowest BCUT2D eigenvalue weighted by Crippen LogP contribution is -2.23. The van der Waals surface area contributed by atoms with Crippen LogP contribution in [-0.2, 0) is 14.3 Å². The fourth-order valence-electron chi connectivity index (χ4n) is 2.15. The number of carbonyl (C=O) groups excluding carboxylic acids is 2. The Bertz CT molecular complexity index is 818. The predicted molar refractivity (Wildman–Crippen MR) is 104 cm³/mol. The normalized spacial score (nSPS) is 10.5. The zero-order chi connectivity index (χ0) is 19.6. The summed E-state index contributed by atoms with van der Waals surface area (Å²) in [6.07, 6.45) is 3.82. The van der Waals surface area contributed by atoms with Gasteiger partial charge in [-0.15, -0.1) is 0 Å². The molecular weight excluding hydrogens is 370 g/mol. The molecule has 2 aromatic carbocycles. The van der Waals surface area contributed by atoms with Crippen molar-refractivity contribution in [3.8, 4) is 11.5 Å². The number of nitrogens with one attached hydrogen (secondary N) is 1. The predicted octanol–water partition coefficient (Wildman–Crippen LogP) is 3.94. The van der Waals surface area contributed by atoms with Crippen LogP contribution in [0.1, 0.15) is 12.5 Å². The lowest BCUT2D eigenvalue weighted by molar-refractivity contribution is -0.149. The third kappa shape index (κ3) is 6.67. The third-order valence-electron chi connectivity index (χ3n) is 3.38. The van der Waals surface area contributed by atoms with E-state index in [0.717, 1.165) is 5.56 Å². The van der Waals surface area contributed by atoms with E-state index in [1.165, 1.54) is 7.11 Å². The Morgan fingerprint density at radius 1 is 1.07 bits per heavy atom. The molecule has 0 aliphatic rings. The van der Waals surface area contributed by atoms with E-state index >= 15 is 0 Å². The first kappa shape index (κ1) is 20.3. The van der Waals surface area contributed by atoms with Crippen molar-refractivity contribution in [1.82, 2.24) is 0 Å². The number of halogens is 1.